The van der Waals surface area contributed by atoms with E-state index in [1.807, 2.05) is 45.3 Å². The minimum Gasteiger partial charge on any atom is -0.444 e. The molecule has 3 aliphatic rings. The first-order valence-corrected chi connectivity index (χ1v) is 14.6. The number of pyridine rings is 2. The van der Waals surface area contributed by atoms with Crippen LogP contribution in [0.5, 0.6) is 0 Å². The van der Waals surface area contributed by atoms with Crippen molar-refractivity contribution < 1.29 is 14.3 Å². The molecule has 0 aromatic carbocycles. The molecule has 0 bridgehead atoms. The number of urea groups is 1. The lowest BCUT2D eigenvalue weighted by Crippen LogP contribution is -2.50. The molecule has 1 aliphatic carbocycles. The molecule has 2 aromatic heterocycles. The number of amides is 3. The average Bonchev–Trinajstić information content (AvgIpc) is 3.60. The molecule has 1 saturated heterocycles. The molecule has 2 aromatic rings. The fraction of sp³-hybridized carbons (Fsp3) is 0.621. The number of carbonyl (C=O) groups is 2. The lowest BCUT2D eigenvalue weighted by Gasteiger charge is -2.35. The molecule has 11 heteroatoms. The van der Waals surface area contributed by atoms with Crippen LogP contribution in [0, 0.1) is 0 Å². The Balaban J connectivity index is 1.06. The minimum atomic E-state index is -0.464. The smallest absolute Gasteiger partial charge is 0.410 e. The van der Waals surface area contributed by atoms with Crippen molar-refractivity contribution in [3.05, 3.63) is 30.0 Å². The monoisotopic (exact) mass is 550 g/mol. The summed E-state index contributed by atoms with van der Waals surface area (Å²) in [6.45, 7) is 11.5. The summed E-state index contributed by atoms with van der Waals surface area (Å²) < 4.78 is 5.49. The predicted octanol–water partition coefficient (Wildman–Crippen LogP) is 4.02. The lowest BCUT2D eigenvalue weighted by molar-refractivity contribution is 0.0143. The third kappa shape index (κ3) is 7.59. The van der Waals surface area contributed by atoms with E-state index in [2.05, 4.69) is 35.6 Å². The van der Waals surface area contributed by atoms with Crippen molar-refractivity contribution in [2.45, 2.75) is 70.4 Å². The van der Waals surface area contributed by atoms with Gasteiger partial charge in [0.05, 0.1) is 11.0 Å². The van der Waals surface area contributed by atoms with E-state index in [-0.39, 0.29) is 24.1 Å². The summed E-state index contributed by atoms with van der Waals surface area (Å²) in [6.07, 6.45) is 9.09. The normalized spacial score (nSPS) is 20.3. The molecule has 2 fully saturated rings. The molecular weight excluding hydrogens is 508 g/mol. The number of aromatic nitrogens is 2. The predicted molar refractivity (Wildman–Crippen MR) is 156 cm³/mol. The third-order valence-electron chi connectivity index (χ3n) is 7.65. The number of nitrogens with one attached hydrogen (secondary N) is 2. The second-order valence-electron chi connectivity index (χ2n) is 12.0. The van der Waals surface area contributed by atoms with Crippen molar-refractivity contribution in [1.82, 2.24) is 30.1 Å². The van der Waals surface area contributed by atoms with E-state index in [0.717, 1.165) is 68.6 Å². The summed E-state index contributed by atoms with van der Waals surface area (Å²) in [4.78, 5) is 38.1. The van der Waals surface area contributed by atoms with Gasteiger partial charge in [-0.15, -0.1) is 0 Å². The zero-order valence-corrected chi connectivity index (χ0v) is 23.9. The van der Waals surface area contributed by atoms with Crippen molar-refractivity contribution in [1.29, 1.82) is 0 Å². The summed E-state index contributed by atoms with van der Waals surface area (Å²) in [5.74, 6) is 0.675. The first kappa shape index (κ1) is 28.1. The molecule has 1 unspecified atom stereocenters. The van der Waals surface area contributed by atoms with Crippen LogP contribution in [0.2, 0.25) is 0 Å². The molecule has 1 saturated carbocycles. The molecule has 5 rings (SSSR count). The van der Waals surface area contributed by atoms with E-state index in [1.54, 1.807) is 11.0 Å². The maximum absolute atomic E-state index is 12.4. The van der Waals surface area contributed by atoms with E-state index in [4.69, 9.17) is 4.74 Å². The second kappa shape index (κ2) is 12.4. The Morgan fingerprint density at radius 3 is 2.58 bits per heavy atom. The highest BCUT2D eigenvalue weighted by Gasteiger charge is 2.26. The molecule has 2 N–H and O–H groups in total. The van der Waals surface area contributed by atoms with Gasteiger partial charge in [0.15, 0.2) is 0 Å². The van der Waals surface area contributed by atoms with E-state index in [1.165, 1.54) is 12.8 Å². The maximum atomic E-state index is 12.4. The van der Waals surface area contributed by atoms with Crippen molar-refractivity contribution in [3.63, 3.8) is 0 Å². The van der Waals surface area contributed by atoms with Crippen molar-refractivity contribution in [2.24, 2.45) is 5.10 Å². The van der Waals surface area contributed by atoms with E-state index in [0.29, 0.717) is 18.9 Å². The van der Waals surface area contributed by atoms with E-state index >= 15 is 0 Å². The number of nitrogens with zero attached hydrogens (tertiary/aromatic N) is 6. The molecule has 0 radical (unpaired) electrons. The number of rotatable bonds is 7. The van der Waals surface area contributed by atoms with Crippen LogP contribution in [0.25, 0.3) is 11.0 Å². The Morgan fingerprint density at radius 1 is 1.05 bits per heavy atom. The number of hydrogen-bond acceptors (Lipinski definition) is 8. The van der Waals surface area contributed by atoms with Crippen LogP contribution in [0.4, 0.5) is 15.4 Å². The SMILES string of the molecule is CC(C)(C)OC(=O)N1CCN(CCCN2CC(c3cnc4ccc(NC(=O)NC5CCCC5)nc4c3)C=N2)CC1. The Kier molecular flexibility index (Phi) is 8.68. The Hall–Kier alpha value is -3.47. The fourth-order valence-electron chi connectivity index (χ4n) is 5.50. The molecule has 3 amide bonds. The maximum Gasteiger partial charge on any atom is 0.410 e. The Bertz CT molecular complexity index is 1220. The molecule has 216 valence electrons. The van der Waals surface area contributed by atoms with Gasteiger partial charge in [0, 0.05) is 70.2 Å². The fourth-order valence-corrected chi connectivity index (χ4v) is 5.50. The molecule has 40 heavy (non-hydrogen) atoms. The van der Waals surface area contributed by atoms with Gasteiger partial charge < -0.3 is 15.0 Å². The number of ether oxygens (including phenoxy) is 1. The molecular formula is C29H42N8O3. The summed E-state index contributed by atoms with van der Waals surface area (Å²) in [7, 11) is 0. The minimum absolute atomic E-state index is 0.151. The van der Waals surface area contributed by atoms with Gasteiger partial charge in [-0.1, -0.05) is 12.8 Å². The van der Waals surface area contributed by atoms with Crippen molar-refractivity contribution in [3.8, 4) is 0 Å². The van der Waals surface area contributed by atoms with Crippen LogP contribution in [0.3, 0.4) is 0 Å². The number of hydrazone groups is 1. The molecule has 2 aliphatic heterocycles. The first-order chi connectivity index (χ1) is 19.2. The summed E-state index contributed by atoms with van der Waals surface area (Å²) in [6, 6.07) is 5.78. The topological polar surface area (TPSA) is 115 Å². The molecule has 1 atom stereocenters. The van der Waals surface area contributed by atoms with Gasteiger partial charge in [0.1, 0.15) is 11.4 Å². The summed E-state index contributed by atoms with van der Waals surface area (Å²) in [5, 5.41) is 12.7. The molecule has 0 spiro atoms. The lowest BCUT2D eigenvalue weighted by atomic mass is 10.0. The van der Waals surface area contributed by atoms with Crippen LogP contribution < -0.4 is 10.6 Å². The summed E-state index contributed by atoms with van der Waals surface area (Å²) >= 11 is 0. The third-order valence-corrected chi connectivity index (χ3v) is 7.65. The van der Waals surface area contributed by atoms with Crippen molar-refractivity contribution >= 4 is 35.2 Å². The van der Waals surface area contributed by atoms with E-state index < -0.39 is 5.60 Å². The summed E-state index contributed by atoms with van der Waals surface area (Å²) in [5.41, 5.74) is 2.16. The van der Waals surface area contributed by atoms with Gasteiger partial charge in [0.25, 0.3) is 0 Å². The van der Waals surface area contributed by atoms with Crippen molar-refractivity contribution in [2.75, 3.05) is 51.1 Å². The van der Waals surface area contributed by atoms with Gasteiger partial charge in [-0.05, 0) is 63.8 Å². The van der Waals surface area contributed by atoms with Crippen LogP contribution in [-0.4, -0.2) is 101 Å². The van der Waals surface area contributed by atoms with Gasteiger partial charge >= 0.3 is 12.1 Å². The van der Waals surface area contributed by atoms with Gasteiger partial charge in [0.2, 0.25) is 0 Å². The second-order valence-corrected chi connectivity index (χ2v) is 12.0. The largest absolute Gasteiger partial charge is 0.444 e. The van der Waals surface area contributed by atoms with Crippen LogP contribution in [0.15, 0.2) is 29.5 Å². The number of carbonyl (C=O) groups excluding carboxylic acids is 2. The number of fused-ring (bicyclic) bond motifs is 1. The highest BCUT2D eigenvalue weighted by Crippen LogP contribution is 2.24. The molecule has 11 nitrogen and oxygen atoms in total. The van der Waals surface area contributed by atoms with Crippen LogP contribution in [0.1, 0.15) is 64.4 Å². The molecule has 4 heterocycles. The average molecular weight is 551 g/mol. The van der Waals surface area contributed by atoms with Crippen LogP contribution in [-0.2, 0) is 4.74 Å². The Morgan fingerprint density at radius 2 is 1.82 bits per heavy atom. The number of hydrogen-bond donors (Lipinski definition) is 2. The number of piperazine rings is 1. The quantitative estimate of drug-likeness (QED) is 0.535. The zero-order valence-electron chi connectivity index (χ0n) is 23.9. The Labute approximate surface area is 236 Å². The van der Waals surface area contributed by atoms with E-state index in [9.17, 15) is 9.59 Å². The highest BCUT2D eigenvalue weighted by molar-refractivity contribution is 5.90. The van der Waals surface area contributed by atoms with Crippen LogP contribution >= 0.6 is 0 Å². The first-order valence-electron chi connectivity index (χ1n) is 14.6. The van der Waals surface area contributed by atoms with Gasteiger partial charge in [-0.3, -0.25) is 20.2 Å². The van der Waals surface area contributed by atoms with Gasteiger partial charge in [-0.2, -0.15) is 5.10 Å². The standard InChI is InChI=1S/C29H42N8O3/c1-29(2,3)40-28(39)36-15-13-35(14-16-36)11-6-12-37-20-22(19-31-37)21-17-25-24(30-18-21)9-10-26(33-25)34-27(38)32-23-7-4-5-8-23/h9-10,17-19,22-23H,4-8,11-16,20H2,1-3H3,(H2,32,33,34,38). The zero-order chi connectivity index (χ0) is 28.1. The van der Waals surface area contributed by atoms with Gasteiger partial charge in [-0.25, -0.2) is 14.6 Å². The highest BCUT2D eigenvalue weighted by atomic mass is 16.6. The number of anilines is 1.